The minimum absolute atomic E-state index is 0.0438. The molecule has 0 aliphatic rings. The van der Waals surface area contributed by atoms with E-state index < -0.39 is 28.5 Å². The quantitative estimate of drug-likeness (QED) is 0.173. The smallest absolute Gasteiger partial charge is 0.265 e. The Hall–Kier alpha value is -5.23. The molecule has 0 unspecified atom stereocenters. The molecule has 0 spiro atoms. The van der Waals surface area contributed by atoms with Crippen molar-refractivity contribution >= 4 is 27.5 Å². The minimum Gasteiger partial charge on any atom is -0.497 e. The molecule has 4 aromatic carbocycles. The highest BCUT2D eigenvalue weighted by molar-refractivity contribution is 7.92. The number of benzene rings is 4. The average Bonchev–Trinajstić information content (AvgIpc) is 3.11. The topological polar surface area (TPSA) is 124 Å². The standard InChI is InChI=1S/C37H43N3O8S/c1-26(2)38-37(42)32(21-27-13-9-7-10-14-27)39(24-28-15-11-8-12-16-28)36(41)25-40(31-22-29(45-3)17-19-33(31)46-4)49(43,44)30-18-20-34(47-5)35(23-30)48-6/h7-20,22-23,26,32H,21,24-25H2,1-6H3,(H,38,42)/t32-/m1/s1. The first kappa shape index (κ1) is 36.6. The zero-order chi connectivity index (χ0) is 35.6. The highest BCUT2D eigenvalue weighted by Gasteiger charge is 2.36. The summed E-state index contributed by atoms with van der Waals surface area (Å²) in [5, 5.41) is 2.96. The molecular weight excluding hydrogens is 646 g/mol. The van der Waals surface area contributed by atoms with E-state index in [4.69, 9.17) is 18.9 Å². The van der Waals surface area contributed by atoms with Gasteiger partial charge in [-0.05, 0) is 49.2 Å². The van der Waals surface area contributed by atoms with Crippen LogP contribution in [-0.4, -0.2) is 72.2 Å². The van der Waals surface area contributed by atoms with Gasteiger partial charge in [0, 0.05) is 31.1 Å². The third-order valence-electron chi connectivity index (χ3n) is 7.77. The van der Waals surface area contributed by atoms with Gasteiger partial charge in [-0.15, -0.1) is 0 Å². The lowest BCUT2D eigenvalue weighted by atomic mass is 10.0. The van der Waals surface area contributed by atoms with Crippen LogP contribution in [0.4, 0.5) is 5.69 Å². The molecule has 0 aliphatic heterocycles. The van der Waals surface area contributed by atoms with E-state index in [2.05, 4.69) is 5.32 Å². The van der Waals surface area contributed by atoms with Crippen LogP contribution in [0.2, 0.25) is 0 Å². The van der Waals surface area contributed by atoms with Gasteiger partial charge in [-0.25, -0.2) is 8.42 Å². The number of hydrogen-bond acceptors (Lipinski definition) is 8. The van der Waals surface area contributed by atoms with Crippen molar-refractivity contribution < 1.29 is 37.0 Å². The largest absolute Gasteiger partial charge is 0.497 e. The summed E-state index contributed by atoms with van der Waals surface area (Å²) in [4.78, 5) is 29.9. The molecule has 4 aromatic rings. The molecule has 1 atom stereocenters. The Balaban J connectivity index is 1.89. The summed E-state index contributed by atoms with van der Waals surface area (Å²) < 4.78 is 51.9. The third kappa shape index (κ3) is 9.02. The summed E-state index contributed by atoms with van der Waals surface area (Å²) in [7, 11) is 1.22. The number of rotatable bonds is 16. The van der Waals surface area contributed by atoms with Crippen molar-refractivity contribution in [3.63, 3.8) is 0 Å². The number of nitrogens with zero attached hydrogens (tertiary/aromatic N) is 2. The van der Waals surface area contributed by atoms with Gasteiger partial charge >= 0.3 is 0 Å². The van der Waals surface area contributed by atoms with Crippen molar-refractivity contribution in [3.8, 4) is 23.0 Å². The molecule has 4 rings (SSSR count). The second-order valence-corrected chi connectivity index (χ2v) is 13.3. The Morgan fingerprint density at radius 2 is 1.31 bits per heavy atom. The van der Waals surface area contributed by atoms with Crippen molar-refractivity contribution in [1.82, 2.24) is 10.2 Å². The normalized spacial score (nSPS) is 11.7. The van der Waals surface area contributed by atoms with Gasteiger partial charge in [0.2, 0.25) is 11.8 Å². The third-order valence-corrected chi connectivity index (χ3v) is 9.53. The Labute approximate surface area is 288 Å². The van der Waals surface area contributed by atoms with Crippen LogP contribution in [0.5, 0.6) is 23.0 Å². The van der Waals surface area contributed by atoms with Crippen LogP contribution in [0.25, 0.3) is 0 Å². The summed E-state index contributed by atoms with van der Waals surface area (Å²) in [5.74, 6) is 0.0678. The van der Waals surface area contributed by atoms with Crippen LogP contribution >= 0.6 is 0 Å². The number of ether oxygens (including phenoxy) is 4. The van der Waals surface area contributed by atoms with Crippen molar-refractivity contribution in [2.24, 2.45) is 0 Å². The zero-order valence-corrected chi connectivity index (χ0v) is 29.4. The fourth-order valence-electron chi connectivity index (χ4n) is 5.32. The molecule has 0 radical (unpaired) electrons. The molecule has 11 nitrogen and oxygen atoms in total. The van der Waals surface area contributed by atoms with E-state index >= 15 is 0 Å². The number of carbonyl (C=O) groups excluding carboxylic acids is 2. The SMILES string of the molecule is COc1ccc(OC)c(N(CC(=O)N(Cc2ccccc2)[C@H](Cc2ccccc2)C(=O)NC(C)C)S(=O)(=O)c2ccc(OC)c(OC)c2)c1. The number of sulfonamides is 1. The molecule has 0 saturated carbocycles. The van der Waals surface area contributed by atoms with Gasteiger partial charge in [-0.3, -0.25) is 13.9 Å². The van der Waals surface area contributed by atoms with E-state index in [-0.39, 0.29) is 47.0 Å². The molecule has 12 heteroatoms. The summed E-state index contributed by atoms with van der Waals surface area (Å²) in [5.41, 5.74) is 1.66. The highest BCUT2D eigenvalue weighted by Crippen LogP contribution is 2.38. The molecule has 0 saturated heterocycles. The molecule has 49 heavy (non-hydrogen) atoms. The molecular formula is C37H43N3O8S. The van der Waals surface area contributed by atoms with E-state index in [0.717, 1.165) is 15.4 Å². The first-order chi connectivity index (χ1) is 23.5. The molecule has 0 aromatic heterocycles. The number of hydrogen-bond donors (Lipinski definition) is 1. The number of methoxy groups -OCH3 is 4. The van der Waals surface area contributed by atoms with Gasteiger partial charge in [-0.1, -0.05) is 60.7 Å². The molecule has 2 amide bonds. The Morgan fingerprint density at radius 3 is 1.88 bits per heavy atom. The van der Waals surface area contributed by atoms with Gasteiger partial charge in [0.05, 0.1) is 39.0 Å². The molecule has 260 valence electrons. The number of anilines is 1. The maximum absolute atomic E-state index is 14.7. The summed E-state index contributed by atoms with van der Waals surface area (Å²) >= 11 is 0. The van der Waals surface area contributed by atoms with Gasteiger partial charge in [0.15, 0.2) is 11.5 Å². The van der Waals surface area contributed by atoms with Crippen LogP contribution in [0.3, 0.4) is 0 Å². The number of amides is 2. The molecule has 0 heterocycles. The van der Waals surface area contributed by atoms with E-state index in [0.29, 0.717) is 11.5 Å². The second kappa shape index (κ2) is 16.7. The van der Waals surface area contributed by atoms with Crippen molar-refractivity contribution in [3.05, 3.63) is 108 Å². The van der Waals surface area contributed by atoms with Gasteiger partial charge < -0.3 is 29.2 Å². The van der Waals surface area contributed by atoms with E-state index in [9.17, 15) is 18.0 Å². The lowest BCUT2D eigenvalue weighted by Gasteiger charge is -2.34. The Bertz CT molecular complexity index is 1820. The van der Waals surface area contributed by atoms with Crippen LogP contribution in [0.1, 0.15) is 25.0 Å². The summed E-state index contributed by atoms with van der Waals surface area (Å²) in [6.45, 7) is 3.05. The van der Waals surface area contributed by atoms with Crippen molar-refractivity contribution in [2.45, 2.75) is 43.8 Å². The van der Waals surface area contributed by atoms with Crippen LogP contribution in [0, 0.1) is 0 Å². The number of nitrogens with one attached hydrogen (secondary N) is 1. The predicted molar refractivity (Wildman–Crippen MR) is 188 cm³/mol. The lowest BCUT2D eigenvalue weighted by Crippen LogP contribution is -2.54. The first-order valence-corrected chi connectivity index (χ1v) is 17.1. The van der Waals surface area contributed by atoms with Crippen LogP contribution < -0.4 is 28.6 Å². The van der Waals surface area contributed by atoms with Crippen molar-refractivity contribution in [2.75, 3.05) is 39.3 Å². The molecule has 0 bridgehead atoms. The molecule has 0 aliphatic carbocycles. The average molecular weight is 690 g/mol. The fraction of sp³-hybridized carbons (Fsp3) is 0.297. The minimum atomic E-state index is -4.48. The second-order valence-electron chi connectivity index (χ2n) is 11.4. The zero-order valence-electron chi connectivity index (χ0n) is 28.6. The van der Waals surface area contributed by atoms with E-state index in [1.165, 1.54) is 57.6 Å². The fourth-order valence-corrected chi connectivity index (χ4v) is 6.76. The van der Waals surface area contributed by atoms with Crippen molar-refractivity contribution in [1.29, 1.82) is 0 Å². The van der Waals surface area contributed by atoms with Gasteiger partial charge in [0.1, 0.15) is 24.1 Å². The van der Waals surface area contributed by atoms with Crippen LogP contribution in [-0.2, 0) is 32.6 Å². The van der Waals surface area contributed by atoms with E-state index in [1.807, 2.05) is 74.5 Å². The lowest BCUT2D eigenvalue weighted by molar-refractivity contribution is -0.140. The summed E-state index contributed by atoms with van der Waals surface area (Å²) in [6.07, 6.45) is 0.197. The maximum atomic E-state index is 14.7. The predicted octanol–water partition coefficient (Wildman–Crippen LogP) is 5.08. The monoisotopic (exact) mass is 689 g/mol. The highest BCUT2D eigenvalue weighted by atomic mass is 32.2. The van der Waals surface area contributed by atoms with E-state index in [1.54, 1.807) is 12.1 Å². The Morgan fingerprint density at radius 1 is 0.714 bits per heavy atom. The Kier molecular flexibility index (Phi) is 12.5. The summed E-state index contributed by atoms with van der Waals surface area (Å²) in [6, 6.07) is 26.3. The molecule has 0 fully saturated rings. The number of carbonyl (C=O) groups is 2. The maximum Gasteiger partial charge on any atom is 0.265 e. The molecule has 1 N–H and O–H groups in total. The van der Waals surface area contributed by atoms with Crippen LogP contribution in [0.15, 0.2) is 102 Å². The first-order valence-electron chi connectivity index (χ1n) is 15.7. The van der Waals surface area contributed by atoms with Gasteiger partial charge in [0.25, 0.3) is 10.0 Å². The van der Waals surface area contributed by atoms with Gasteiger partial charge in [-0.2, -0.15) is 0 Å².